The SMILES string of the molecule is CC1(CC(C)(O)C(=O)O)CCOCC1. The Morgan fingerprint density at radius 1 is 1.50 bits per heavy atom. The van der Waals surface area contributed by atoms with Crippen LogP contribution in [-0.4, -0.2) is 35.0 Å². The summed E-state index contributed by atoms with van der Waals surface area (Å²) in [5.41, 5.74) is -1.73. The molecule has 0 aliphatic carbocycles. The van der Waals surface area contributed by atoms with Crippen LogP contribution in [0.3, 0.4) is 0 Å². The van der Waals surface area contributed by atoms with E-state index >= 15 is 0 Å². The number of aliphatic carboxylic acids is 1. The molecule has 0 radical (unpaired) electrons. The summed E-state index contributed by atoms with van der Waals surface area (Å²) in [5.74, 6) is -1.15. The van der Waals surface area contributed by atoms with Crippen molar-refractivity contribution in [3.05, 3.63) is 0 Å². The van der Waals surface area contributed by atoms with E-state index in [1.165, 1.54) is 6.92 Å². The summed E-state index contributed by atoms with van der Waals surface area (Å²) < 4.78 is 5.21. The molecule has 0 aromatic rings. The highest BCUT2D eigenvalue weighted by atomic mass is 16.5. The second-order valence-electron chi connectivity index (χ2n) is 4.68. The summed E-state index contributed by atoms with van der Waals surface area (Å²) in [5, 5.41) is 18.5. The van der Waals surface area contributed by atoms with E-state index in [1.54, 1.807) is 0 Å². The van der Waals surface area contributed by atoms with Crippen molar-refractivity contribution in [2.75, 3.05) is 13.2 Å². The zero-order valence-corrected chi connectivity index (χ0v) is 8.75. The molecule has 1 atom stereocenters. The molecule has 0 bridgehead atoms. The lowest BCUT2D eigenvalue weighted by atomic mass is 9.74. The normalized spacial score (nSPS) is 25.4. The molecule has 1 unspecified atom stereocenters. The number of ether oxygens (including phenoxy) is 1. The van der Waals surface area contributed by atoms with Gasteiger partial charge in [0.25, 0.3) is 0 Å². The minimum atomic E-state index is -1.62. The number of aliphatic hydroxyl groups is 1. The molecule has 1 rings (SSSR count). The lowest BCUT2D eigenvalue weighted by Crippen LogP contribution is -2.42. The van der Waals surface area contributed by atoms with E-state index in [1.807, 2.05) is 6.92 Å². The van der Waals surface area contributed by atoms with Gasteiger partial charge in [0.2, 0.25) is 0 Å². The fraction of sp³-hybridized carbons (Fsp3) is 0.900. The van der Waals surface area contributed by atoms with Crippen molar-refractivity contribution in [1.29, 1.82) is 0 Å². The molecule has 1 aliphatic heterocycles. The van der Waals surface area contributed by atoms with Gasteiger partial charge in [-0.3, -0.25) is 0 Å². The molecule has 14 heavy (non-hydrogen) atoms. The summed E-state index contributed by atoms with van der Waals surface area (Å²) >= 11 is 0. The van der Waals surface area contributed by atoms with E-state index in [4.69, 9.17) is 9.84 Å². The van der Waals surface area contributed by atoms with Crippen molar-refractivity contribution < 1.29 is 19.7 Å². The Bertz CT molecular complexity index is 216. The standard InChI is InChI=1S/C10H18O4/c1-9(3-5-14-6-4-9)7-10(2,13)8(11)12/h13H,3-7H2,1-2H3,(H,11,12). The molecule has 1 aliphatic rings. The predicted octanol–water partition coefficient (Wildman–Crippen LogP) is 1.03. The molecule has 0 spiro atoms. The number of carbonyl (C=O) groups is 1. The van der Waals surface area contributed by atoms with Crippen molar-refractivity contribution in [2.45, 2.75) is 38.7 Å². The predicted molar refractivity (Wildman–Crippen MR) is 51.0 cm³/mol. The minimum absolute atomic E-state index is 0.111. The third kappa shape index (κ3) is 2.69. The van der Waals surface area contributed by atoms with E-state index in [-0.39, 0.29) is 5.41 Å². The average Bonchev–Trinajstić information content (AvgIpc) is 2.03. The molecular weight excluding hydrogens is 184 g/mol. The van der Waals surface area contributed by atoms with Gasteiger partial charge in [-0.1, -0.05) is 6.92 Å². The van der Waals surface area contributed by atoms with E-state index in [0.717, 1.165) is 12.8 Å². The first-order valence-corrected chi connectivity index (χ1v) is 4.89. The molecule has 4 heteroatoms. The van der Waals surface area contributed by atoms with Crippen LogP contribution in [0.15, 0.2) is 0 Å². The van der Waals surface area contributed by atoms with Gasteiger partial charge in [0, 0.05) is 13.2 Å². The molecule has 1 heterocycles. The Morgan fingerprint density at radius 2 is 2.00 bits per heavy atom. The molecule has 0 saturated carbocycles. The Labute approximate surface area is 83.9 Å². The largest absolute Gasteiger partial charge is 0.479 e. The maximum absolute atomic E-state index is 10.8. The fourth-order valence-electron chi connectivity index (χ4n) is 1.95. The zero-order valence-electron chi connectivity index (χ0n) is 8.75. The first-order valence-electron chi connectivity index (χ1n) is 4.89. The Morgan fingerprint density at radius 3 is 2.43 bits per heavy atom. The first-order chi connectivity index (χ1) is 6.36. The summed E-state index contributed by atoms with van der Waals surface area (Å²) in [6, 6.07) is 0. The third-order valence-electron chi connectivity index (χ3n) is 2.93. The van der Waals surface area contributed by atoms with Crippen molar-refractivity contribution in [1.82, 2.24) is 0 Å². The van der Waals surface area contributed by atoms with E-state index in [9.17, 15) is 9.90 Å². The second-order valence-corrected chi connectivity index (χ2v) is 4.68. The van der Waals surface area contributed by atoms with Gasteiger partial charge < -0.3 is 14.9 Å². The van der Waals surface area contributed by atoms with Crippen molar-refractivity contribution >= 4 is 5.97 Å². The van der Waals surface area contributed by atoms with Crippen LogP contribution in [0.5, 0.6) is 0 Å². The number of hydrogen-bond acceptors (Lipinski definition) is 3. The maximum atomic E-state index is 10.8. The monoisotopic (exact) mass is 202 g/mol. The summed E-state index contributed by atoms with van der Waals surface area (Å²) in [6.07, 6.45) is 1.92. The summed E-state index contributed by atoms with van der Waals surface area (Å²) in [7, 11) is 0. The maximum Gasteiger partial charge on any atom is 0.335 e. The molecule has 2 N–H and O–H groups in total. The molecule has 82 valence electrons. The minimum Gasteiger partial charge on any atom is -0.479 e. The van der Waals surface area contributed by atoms with Gasteiger partial charge in [-0.25, -0.2) is 4.79 Å². The van der Waals surface area contributed by atoms with Gasteiger partial charge in [-0.15, -0.1) is 0 Å². The van der Waals surface area contributed by atoms with Crippen LogP contribution in [0.4, 0.5) is 0 Å². The smallest absolute Gasteiger partial charge is 0.335 e. The summed E-state index contributed by atoms with van der Waals surface area (Å²) in [4.78, 5) is 10.8. The van der Waals surface area contributed by atoms with Crippen LogP contribution < -0.4 is 0 Å². The van der Waals surface area contributed by atoms with Gasteiger partial charge in [-0.05, 0) is 31.6 Å². The zero-order chi connectivity index (χ0) is 10.8. The van der Waals surface area contributed by atoms with Crippen LogP contribution >= 0.6 is 0 Å². The van der Waals surface area contributed by atoms with Crippen LogP contribution in [0.1, 0.15) is 33.1 Å². The molecule has 0 aromatic heterocycles. The second kappa shape index (κ2) is 3.87. The molecular formula is C10H18O4. The Balaban J connectivity index is 2.61. The quantitative estimate of drug-likeness (QED) is 0.717. The fourth-order valence-corrected chi connectivity index (χ4v) is 1.95. The highest BCUT2D eigenvalue weighted by Gasteiger charge is 2.39. The third-order valence-corrected chi connectivity index (χ3v) is 2.93. The Hall–Kier alpha value is -0.610. The highest BCUT2D eigenvalue weighted by molar-refractivity contribution is 5.76. The highest BCUT2D eigenvalue weighted by Crippen LogP contribution is 2.37. The van der Waals surface area contributed by atoms with Crippen LogP contribution in [-0.2, 0) is 9.53 Å². The van der Waals surface area contributed by atoms with Gasteiger partial charge in [0.1, 0.15) is 0 Å². The van der Waals surface area contributed by atoms with Crippen molar-refractivity contribution in [3.63, 3.8) is 0 Å². The van der Waals surface area contributed by atoms with Gasteiger partial charge in [0.15, 0.2) is 5.60 Å². The van der Waals surface area contributed by atoms with Crippen LogP contribution in [0.2, 0.25) is 0 Å². The number of carboxylic acids is 1. The molecule has 1 fully saturated rings. The number of hydrogen-bond donors (Lipinski definition) is 2. The molecule has 4 nitrogen and oxygen atoms in total. The topological polar surface area (TPSA) is 66.8 Å². The summed E-state index contributed by atoms with van der Waals surface area (Å²) in [6.45, 7) is 4.68. The molecule has 0 amide bonds. The van der Waals surface area contributed by atoms with Crippen molar-refractivity contribution in [3.8, 4) is 0 Å². The van der Waals surface area contributed by atoms with Crippen molar-refractivity contribution in [2.24, 2.45) is 5.41 Å². The van der Waals surface area contributed by atoms with Crippen LogP contribution in [0, 0.1) is 5.41 Å². The van der Waals surface area contributed by atoms with Gasteiger partial charge in [0.05, 0.1) is 0 Å². The Kier molecular flexibility index (Phi) is 3.17. The van der Waals surface area contributed by atoms with Crippen LogP contribution in [0.25, 0.3) is 0 Å². The average molecular weight is 202 g/mol. The number of carboxylic acid groups (broad SMARTS) is 1. The first kappa shape index (κ1) is 11.5. The van der Waals surface area contributed by atoms with E-state index in [0.29, 0.717) is 19.6 Å². The van der Waals surface area contributed by atoms with Gasteiger partial charge in [-0.2, -0.15) is 0 Å². The lowest BCUT2D eigenvalue weighted by molar-refractivity contribution is -0.161. The molecule has 1 saturated heterocycles. The van der Waals surface area contributed by atoms with Gasteiger partial charge >= 0.3 is 5.97 Å². The lowest BCUT2D eigenvalue weighted by Gasteiger charge is -2.37. The van der Waals surface area contributed by atoms with E-state index in [2.05, 4.69) is 0 Å². The number of rotatable bonds is 3. The molecule has 0 aromatic carbocycles. The van der Waals surface area contributed by atoms with E-state index < -0.39 is 11.6 Å².